The van der Waals surface area contributed by atoms with Gasteiger partial charge >= 0.3 is 0 Å². The van der Waals surface area contributed by atoms with Crippen molar-refractivity contribution in [2.75, 3.05) is 5.73 Å². The first kappa shape index (κ1) is 20.8. The van der Waals surface area contributed by atoms with Gasteiger partial charge in [-0.2, -0.15) is 0 Å². The molecular weight excluding hydrogens is 428 g/mol. The van der Waals surface area contributed by atoms with E-state index in [4.69, 9.17) is 10.7 Å². The number of aromatic nitrogens is 2. The number of nitrogens with two attached hydrogens (primary N) is 1. The van der Waals surface area contributed by atoms with Crippen LogP contribution < -0.4 is 11.1 Å². The van der Waals surface area contributed by atoms with Crippen molar-refractivity contribution in [3.63, 3.8) is 0 Å². The summed E-state index contributed by atoms with van der Waals surface area (Å²) in [5.41, 5.74) is 13.0. The van der Waals surface area contributed by atoms with Crippen molar-refractivity contribution >= 4 is 33.1 Å². The van der Waals surface area contributed by atoms with Gasteiger partial charge in [-0.05, 0) is 35.7 Å². The van der Waals surface area contributed by atoms with Crippen LogP contribution in [-0.2, 0) is 6.54 Å². The second-order valence-corrected chi connectivity index (χ2v) is 8.86. The van der Waals surface area contributed by atoms with Crippen molar-refractivity contribution in [2.45, 2.75) is 13.5 Å². The Morgan fingerprint density at radius 1 is 1.00 bits per heavy atom. The number of nitrogen functional groups attached to an aromatic ring is 1. The third-order valence-corrected chi connectivity index (χ3v) is 6.61. The van der Waals surface area contributed by atoms with Gasteiger partial charge in [0.2, 0.25) is 0 Å². The van der Waals surface area contributed by atoms with Crippen LogP contribution in [-0.4, -0.2) is 15.9 Å². The number of carbonyl (C=O) groups is 1. The van der Waals surface area contributed by atoms with E-state index in [-0.39, 0.29) is 5.91 Å². The predicted octanol–water partition coefficient (Wildman–Crippen LogP) is 5.85. The van der Waals surface area contributed by atoms with Gasteiger partial charge in [0.1, 0.15) is 9.71 Å². The lowest BCUT2D eigenvalue weighted by molar-refractivity contribution is 0.0956. The summed E-state index contributed by atoms with van der Waals surface area (Å²) in [4.78, 5) is 23.2. The highest BCUT2D eigenvalue weighted by Gasteiger charge is 2.21. The van der Waals surface area contributed by atoms with Crippen LogP contribution in [0.4, 0.5) is 5.69 Å². The number of hydrogen-bond donors (Lipinski definition) is 2. The average Bonchev–Trinajstić information content (AvgIpc) is 3.20. The number of pyridine rings is 2. The molecule has 0 saturated heterocycles. The number of fused-ring (bicyclic) bond motifs is 1. The Labute approximate surface area is 196 Å². The Morgan fingerprint density at radius 3 is 2.52 bits per heavy atom. The van der Waals surface area contributed by atoms with Crippen LogP contribution in [0.25, 0.3) is 32.6 Å². The highest BCUT2D eigenvalue weighted by Crippen LogP contribution is 2.41. The highest BCUT2D eigenvalue weighted by atomic mass is 32.1. The van der Waals surface area contributed by atoms with Crippen LogP contribution in [0.15, 0.2) is 85.2 Å². The Morgan fingerprint density at radius 2 is 1.79 bits per heavy atom. The zero-order valence-electron chi connectivity index (χ0n) is 18.1. The highest BCUT2D eigenvalue weighted by molar-refractivity contribution is 7.21. The van der Waals surface area contributed by atoms with E-state index in [2.05, 4.69) is 47.6 Å². The molecule has 0 aliphatic carbocycles. The molecule has 0 aliphatic rings. The summed E-state index contributed by atoms with van der Waals surface area (Å²) in [6.45, 7) is 2.44. The summed E-state index contributed by atoms with van der Waals surface area (Å²) in [6, 6.07) is 24.2. The number of carbonyl (C=O) groups excluding carboxylic acids is 1. The fourth-order valence-electron chi connectivity index (χ4n) is 3.77. The lowest BCUT2D eigenvalue weighted by Crippen LogP contribution is -2.22. The Bertz CT molecular complexity index is 1430. The van der Waals surface area contributed by atoms with Gasteiger partial charge in [0.05, 0.1) is 11.4 Å². The Balaban J connectivity index is 1.61. The lowest BCUT2D eigenvalue weighted by atomic mass is 9.99. The predicted molar refractivity (Wildman–Crippen MR) is 135 cm³/mol. The van der Waals surface area contributed by atoms with Gasteiger partial charge in [0, 0.05) is 29.9 Å². The maximum absolute atomic E-state index is 13.0. The number of rotatable bonds is 5. The summed E-state index contributed by atoms with van der Waals surface area (Å²) < 4.78 is 0. The molecule has 0 radical (unpaired) electrons. The number of anilines is 1. The van der Waals surface area contributed by atoms with E-state index in [1.54, 1.807) is 12.4 Å². The lowest BCUT2D eigenvalue weighted by Gasteiger charge is -2.09. The van der Waals surface area contributed by atoms with Crippen molar-refractivity contribution in [3.05, 3.63) is 101 Å². The topological polar surface area (TPSA) is 80.9 Å². The van der Waals surface area contributed by atoms with Gasteiger partial charge < -0.3 is 11.1 Å². The van der Waals surface area contributed by atoms with Crippen molar-refractivity contribution in [1.29, 1.82) is 0 Å². The number of hydrogen-bond acceptors (Lipinski definition) is 5. The van der Waals surface area contributed by atoms with E-state index < -0.39 is 0 Å². The maximum atomic E-state index is 13.0. The van der Waals surface area contributed by atoms with Gasteiger partial charge in [-0.25, -0.2) is 4.98 Å². The van der Waals surface area contributed by atoms with Crippen LogP contribution in [0.5, 0.6) is 0 Å². The Kier molecular flexibility index (Phi) is 5.59. The first-order chi connectivity index (χ1) is 16.1. The zero-order valence-corrected chi connectivity index (χ0v) is 18.9. The smallest absolute Gasteiger partial charge is 0.263 e. The molecule has 0 saturated carbocycles. The Hall–Kier alpha value is -4.03. The molecule has 33 heavy (non-hydrogen) atoms. The molecule has 0 unspecified atom stereocenters. The first-order valence-corrected chi connectivity index (χ1v) is 11.4. The van der Waals surface area contributed by atoms with E-state index in [0.717, 1.165) is 38.2 Å². The summed E-state index contributed by atoms with van der Waals surface area (Å²) in [6.07, 6.45) is 3.44. The standard InChI is InChI=1S/C27H22N4OS/c1-17-9-11-19(12-10-17)21-14-22(20-7-3-2-4-8-20)31-27-23(21)24(28)25(33-27)26(32)30-16-18-6-5-13-29-15-18/h2-15H,16,28H2,1H3,(H,30,32). The minimum atomic E-state index is -0.213. The van der Waals surface area contributed by atoms with Crippen LogP contribution in [0.3, 0.4) is 0 Å². The summed E-state index contributed by atoms with van der Waals surface area (Å²) in [5, 5.41) is 3.77. The molecule has 0 aliphatic heterocycles. The fourth-order valence-corrected chi connectivity index (χ4v) is 4.81. The molecule has 0 bridgehead atoms. The number of nitrogens with zero attached hydrogens (tertiary/aromatic N) is 2. The third kappa shape index (κ3) is 4.21. The van der Waals surface area contributed by atoms with Crippen LogP contribution in [0, 0.1) is 6.92 Å². The second kappa shape index (κ2) is 8.84. The van der Waals surface area contributed by atoms with E-state index in [1.165, 1.54) is 16.9 Å². The summed E-state index contributed by atoms with van der Waals surface area (Å²) in [7, 11) is 0. The van der Waals surface area contributed by atoms with Crippen LogP contribution >= 0.6 is 11.3 Å². The van der Waals surface area contributed by atoms with Crippen molar-refractivity contribution in [1.82, 2.24) is 15.3 Å². The normalized spacial score (nSPS) is 10.9. The van der Waals surface area contributed by atoms with Crippen LogP contribution in [0.2, 0.25) is 0 Å². The minimum absolute atomic E-state index is 0.213. The molecule has 2 aromatic carbocycles. The number of thiophene rings is 1. The van der Waals surface area contributed by atoms with Gasteiger partial charge in [-0.1, -0.05) is 66.2 Å². The molecule has 5 aromatic rings. The molecule has 5 nitrogen and oxygen atoms in total. The molecule has 1 amide bonds. The monoisotopic (exact) mass is 450 g/mol. The number of aryl methyl sites for hydroxylation is 1. The number of benzene rings is 2. The summed E-state index contributed by atoms with van der Waals surface area (Å²) in [5.74, 6) is -0.213. The second-order valence-electron chi connectivity index (χ2n) is 7.86. The van der Waals surface area contributed by atoms with E-state index in [0.29, 0.717) is 17.1 Å². The molecule has 3 aromatic heterocycles. The SMILES string of the molecule is Cc1ccc(-c2cc(-c3ccccc3)nc3sc(C(=O)NCc4cccnc4)c(N)c23)cc1. The van der Waals surface area contributed by atoms with E-state index >= 15 is 0 Å². The first-order valence-electron chi connectivity index (χ1n) is 10.6. The van der Waals surface area contributed by atoms with E-state index in [1.807, 2.05) is 42.5 Å². The molecule has 162 valence electrons. The molecule has 0 fully saturated rings. The van der Waals surface area contributed by atoms with Crippen molar-refractivity contribution < 1.29 is 4.79 Å². The molecular formula is C27H22N4OS. The third-order valence-electron chi connectivity index (χ3n) is 5.51. The van der Waals surface area contributed by atoms with Crippen molar-refractivity contribution in [2.24, 2.45) is 0 Å². The largest absolute Gasteiger partial charge is 0.397 e. The van der Waals surface area contributed by atoms with E-state index in [9.17, 15) is 4.79 Å². The minimum Gasteiger partial charge on any atom is -0.397 e. The van der Waals surface area contributed by atoms with Crippen LogP contribution in [0.1, 0.15) is 20.8 Å². The summed E-state index contributed by atoms with van der Waals surface area (Å²) >= 11 is 1.32. The van der Waals surface area contributed by atoms with Gasteiger partial charge in [0.25, 0.3) is 5.91 Å². The van der Waals surface area contributed by atoms with Gasteiger partial charge in [-0.15, -0.1) is 11.3 Å². The molecule has 5 rings (SSSR count). The van der Waals surface area contributed by atoms with Gasteiger partial charge in [0.15, 0.2) is 0 Å². The molecule has 3 heterocycles. The van der Waals surface area contributed by atoms with Crippen molar-refractivity contribution in [3.8, 4) is 22.4 Å². The zero-order chi connectivity index (χ0) is 22.8. The fraction of sp³-hybridized carbons (Fsp3) is 0.0741. The average molecular weight is 451 g/mol. The van der Waals surface area contributed by atoms with Gasteiger partial charge in [-0.3, -0.25) is 9.78 Å². The number of nitrogens with one attached hydrogen (secondary N) is 1. The molecule has 3 N–H and O–H groups in total. The molecule has 0 atom stereocenters. The quantitative estimate of drug-likeness (QED) is 0.352. The number of amides is 1. The maximum Gasteiger partial charge on any atom is 0.263 e. The molecule has 0 spiro atoms. The molecule has 6 heteroatoms.